The van der Waals surface area contributed by atoms with Crippen LogP contribution in [0.2, 0.25) is 0 Å². The van der Waals surface area contributed by atoms with Gasteiger partial charge in [0.25, 0.3) is 0 Å². The first-order chi connectivity index (χ1) is 18.6. The number of anilines is 2. The molecule has 0 spiro atoms. The second-order valence-corrected chi connectivity index (χ2v) is 10.9. The third kappa shape index (κ3) is 4.13. The summed E-state index contributed by atoms with van der Waals surface area (Å²) in [5.74, 6) is 2.69. The predicted octanol–water partition coefficient (Wildman–Crippen LogP) is 5.12. The van der Waals surface area contributed by atoms with Gasteiger partial charge in [-0.1, -0.05) is 43.7 Å². The van der Waals surface area contributed by atoms with E-state index in [1.165, 1.54) is 16.7 Å². The number of benzene rings is 1. The Morgan fingerprint density at radius 2 is 1.89 bits per heavy atom. The van der Waals surface area contributed by atoms with E-state index >= 15 is 0 Å². The molecule has 0 unspecified atom stereocenters. The zero-order valence-electron chi connectivity index (χ0n) is 22.0. The van der Waals surface area contributed by atoms with Crippen LogP contribution < -0.4 is 10.2 Å². The Labute approximate surface area is 222 Å². The van der Waals surface area contributed by atoms with Crippen molar-refractivity contribution in [3.8, 4) is 11.4 Å². The van der Waals surface area contributed by atoms with Crippen molar-refractivity contribution in [3.05, 3.63) is 71.1 Å². The quantitative estimate of drug-likeness (QED) is 0.402. The number of allylic oxidation sites excluding steroid dienone is 1. The number of ether oxygens (including phenoxy) is 1. The van der Waals surface area contributed by atoms with Gasteiger partial charge in [-0.25, -0.2) is 9.97 Å². The zero-order chi connectivity index (χ0) is 25.6. The molecule has 0 radical (unpaired) electrons. The maximum Gasteiger partial charge on any atom is 0.228 e. The molecule has 8 heteroatoms. The first kappa shape index (κ1) is 23.3. The van der Waals surface area contributed by atoms with E-state index in [-0.39, 0.29) is 0 Å². The lowest BCUT2D eigenvalue weighted by atomic mass is 9.88. The van der Waals surface area contributed by atoms with E-state index in [1.54, 1.807) is 5.57 Å². The number of aromatic nitrogens is 5. The highest BCUT2D eigenvalue weighted by molar-refractivity contribution is 5.78. The van der Waals surface area contributed by atoms with Crippen LogP contribution in [-0.2, 0) is 11.2 Å². The third-order valence-electron chi connectivity index (χ3n) is 8.11. The summed E-state index contributed by atoms with van der Waals surface area (Å²) in [6.07, 6.45) is 8.12. The Morgan fingerprint density at radius 1 is 1.03 bits per heavy atom. The van der Waals surface area contributed by atoms with Crippen molar-refractivity contribution in [2.45, 2.75) is 51.5 Å². The predicted molar refractivity (Wildman–Crippen MR) is 149 cm³/mol. The van der Waals surface area contributed by atoms with Crippen LogP contribution >= 0.6 is 0 Å². The van der Waals surface area contributed by atoms with Crippen LogP contribution in [0.15, 0.2) is 54.4 Å². The second kappa shape index (κ2) is 9.51. The minimum Gasteiger partial charge on any atom is -0.378 e. The first-order valence-corrected chi connectivity index (χ1v) is 13.7. The Kier molecular flexibility index (Phi) is 5.84. The van der Waals surface area contributed by atoms with Gasteiger partial charge in [0, 0.05) is 36.5 Å². The molecule has 4 heterocycles. The van der Waals surface area contributed by atoms with Crippen molar-refractivity contribution in [1.82, 2.24) is 24.6 Å². The molecule has 1 aromatic carbocycles. The molecule has 1 saturated heterocycles. The van der Waals surface area contributed by atoms with Gasteiger partial charge in [-0.15, -0.1) is 0 Å². The van der Waals surface area contributed by atoms with Gasteiger partial charge in [-0.05, 0) is 60.4 Å². The summed E-state index contributed by atoms with van der Waals surface area (Å²) in [5, 5.41) is 8.47. The van der Waals surface area contributed by atoms with E-state index in [2.05, 4.69) is 60.5 Å². The summed E-state index contributed by atoms with van der Waals surface area (Å²) in [6.45, 7) is 7.56. The summed E-state index contributed by atoms with van der Waals surface area (Å²) in [4.78, 5) is 17.0. The van der Waals surface area contributed by atoms with E-state index in [0.29, 0.717) is 17.8 Å². The highest BCUT2D eigenvalue weighted by Crippen LogP contribution is 2.42. The van der Waals surface area contributed by atoms with E-state index in [4.69, 9.17) is 24.8 Å². The zero-order valence-corrected chi connectivity index (χ0v) is 22.0. The smallest absolute Gasteiger partial charge is 0.228 e. The van der Waals surface area contributed by atoms with Gasteiger partial charge < -0.3 is 15.0 Å². The molecule has 3 aromatic heterocycles. The fraction of sp³-hybridized carbons (Fsp3) is 0.400. The van der Waals surface area contributed by atoms with Gasteiger partial charge in [0.15, 0.2) is 11.5 Å². The molecular weight excluding hydrogens is 474 g/mol. The Morgan fingerprint density at radius 3 is 2.71 bits per heavy atom. The van der Waals surface area contributed by atoms with Crippen molar-refractivity contribution in [1.29, 1.82) is 0 Å². The van der Waals surface area contributed by atoms with Gasteiger partial charge in [0.2, 0.25) is 5.95 Å². The van der Waals surface area contributed by atoms with Crippen LogP contribution in [0.4, 0.5) is 11.8 Å². The summed E-state index contributed by atoms with van der Waals surface area (Å²) in [6, 6.07) is 13.3. The minimum absolute atomic E-state index is 0.291. The number of morpholine rings is 1. The van der Waals surface area contributed by atoms with Crippen molar-refractivity contribution in [3.63, 3.8) is 0 Å². The van der Waals surface area contributed by atoms with Gasteiger partial charge >= 0.3 is 0 Å². The van der Waals surface area contributed by atoms with Crippen molar-refractivity contribution >= 4 is 23.0 Å². The van der Waals surface area contributed by atoms with Crippen LogP contribution in [-0.4, -0.2) is 56.9 Å². The molecule has 194 valence electrons. The molecule has 1 atom stereocenters. The number of nitrogens with one attached hydrogen (secondary N) is 1. The van der Waals surface area contributed by atoms with Crippen LogP contribution in [0, 0.1) is 0 Å². The van der Waals surface area contributed by atoms with Crippen LogP contribution in [0.3, 0.4) is 0 Å². The van der Waals surface area contributed by atoms with Crippen LogP contribution in [0.1, 0.15) is 55.7 Å². The molecule has 1 N–H and O–H groups in total. The van der Waals surface area contributed by atoms with E-state index in [1.807, 2.05) is 16.9 Å². The fourth-order valence-corrected chi connectivity index (χ4v) is 6.01. The summed E-state index contributed by atoms with van der Waals surface area (Å²) in [7, 11) is 0. The van der Waals surface area contributed by atoms with Gasteiger partial charge in [0.1, 0.15) is 5.82 Å². The Hall–Kier alpha value is -3.78. The Bertz CT molecular complexity index is 1520. The third-order valence-corrected chi connectivity index (χ3v) is 8.11. The van der Waals surface area contributed by atoms with Gasteiger partial charge in [-0.3, -0.25) is 0 Å². The van der Waals surface area contributed by atoms with Crippen LogP contribution in [0.5, 0.6) is 0 Å². The van der Waals surface area contributed by atoms with Gasteiger partial charge in [0.05, 0.1) is 19.4 Å². The van der Waals surface area contributed by atoms with Crippen molar-refractivity contribution < 1.29 is 4.74 Å². The van der Waals surface area contributed by atoms with E-state index in [9.17, 15) is 0 Å². The second-order valence-electron chi connectivity index (χ2n) is 10.9. The highest BCUT2D eigenvalue weighted by atomic mass is 16.5. The lowest BCUT2D eigenvalue weighted by molar-refractivity contribution is 0.122. The van der Waals surface area contributed by atoms with Gasteiger partial charge in [-0.2, -0.15) is 14.6 Å². The molecular formula is C30H33N7O. The monoisotopic (exact) mass is 507 g/mol. The number of nitrogens with zero attached hydrogens (tertiary/aromatic N) is 6. The summed E-state index contributed by atoms with van der Waals surface area (Å²) >= 11 is 0. The number of hydrogen-bond acceptors (Lipinski definition) is 7. The number of pyridine rings is 1. The lowest BCUT2D eigenvalue weighted by Crippen LogP contribution is -2.36. The topological polar surface area (TPSA) is 80.5 Å². The molecule has 8 nitrogen and oxygen atoms in total. The molecule has 1 fully saturated rings. The largest absolute Gasteiger partial charge is 0.378 e. The molecule has 0 bridgehead atoms. The lowest BCUT2D eigenvalue weighted by Gasteiger charge is -2.27. The molecule has 7 rings (SSSR count). The molecule has 0 saturated carbocycles. The molecule has 4 aromatic rings. The van der Waals surface area contributed by atoms with Crippen LogP contribution in [0.25, 0.3) is 22.6 Å². The first-order valence-electron chi connectivity index (χ1n) is 13.7. The molecule has 3 aliphatic rings. The molecule has 1 aliphatic heterocycles. The average molecular weight is 508 g/mol. The number of fused-ring (bicyclic) bond motifs is 3. The standard InChI is InChI=1S/C30H33N7O/c1-19(2)26-18-32-37-29(26)34-28(22-8-10-27(31-17-22)36-11-13-38-14-12-36)35-30(37)33-23-9-7-21-15-20-5-3-4-6-24(20)25(21)16-23/h3-6,8,10,17-19,23H,7,9,11-16H2,1-2H3,(H,33,34,35)/t23-/m1/s1. The van der Waals surface area contributed by atoms with E-state index < -0.39 is 0 Å². The average Bonchev–Trinajstić information content (AvgIpc) is 3.55. The summed E-state index contributed by atoms with van der Waals surface area (Å²) in [5.41, 5.74) is 8.88. The maximum atomic E-state index is 5.49. The normalized spacial score (nSPS) is 19.2. The number of hydrogen-bond donors (Lipinski definition) is 1. The van der Waals surface area contributed by atoms with E-state index in [0.717, 1.165) is 80.5 Å². The van der Waals surface area contributed by atoms with Crippen molar-refractivity contribution in [2.24, 2.45) is 0 Å². The molecule has 38 heavy (non-hydrogen) atoms. The molecule has 0 amide bonds. The van der Waals surface area contributed by atoms with Crippen molar-refractivity contribution in [2.75, 3.05) is 36.5 Å². The maximum absolute atomic E-state index is 5.49. The highest BCUT2D eigenvalue weighted by Gasteiger charge is 2.29. The molecule has 2 aliphatic carbocycles. The summed E-state index contributed by atoms with van der Waals surface area (Å²) < 4.78 is 7.36. The Balaban J connectivity index is 1.21. The minimum atomic E-state index is 0.291. The number of rotatable bonds is 5. The fourth-order valence-electron chi connectivity index (χ4n) is 6.01. The SMILES string of the molecule is CC(C)c1cnn2c(N[C@@H]3CCC4=C(C3)c3ccccc3C4)nc(-c3ccc(N4CCOCC4)nc3)nc12.